The first kappa shape index (κ1) is 20.9. The van der Waals surface area contributed by atoms with Crippen LogP contribution < -0.4 is 14.2 Å². The molecule has 3 rings (SSSR count). The lowest BCUT2D eigenvalue weighted by Crippen LogP contribution is -2.08. The normalized spacial score (nSPS) is 10.6. The number of hydrogen-bond acceptors (Lipinski definition) is 5. The zero-order valence-electron chi connectivity index (χ0n) is 17.0. The van der Waals surface area contributed by atoms with Crippen LogP contribution in [0.5, 0.6) is 17.2 Å². The van der Waals surface area contributed by atoms with E-state index in [2.05, 4.69) is 0 Å². The number of methoxy groups -OCH3 is 2. The summed E-state index contributed by atoms with van der Waals surface area (Å²) in [6, 6.07) is 19.1. The Kier molecular flexibility index (Phi) is 6.65. The van der Waals surface area contributed by atoms with Gasteiger partial charge < -0.3 is 14.2 Å². The molecule has 0 N–H and O–H groups in total. The van der Waals surface area contributed by atoms with E-state index in [4.69, 9.17) is 14.2 Å². The number of esters is 1. The fraction of sp³-hybridized carbons (Fsp3) is 0.120. The van der Waals surface area contributed by atoms with Crippen molar-refractivity contribution in [2.45, 2.75) is 6.92 Å². The number of rotatable bonds is 7. The quantitative estimate of drug-likeness (QED) is 0.237. The van der Waals surface area contributed by atoms with Crippen LogP contribution in [0.15, 0.2) is 72.8 Å². The summed E-state index contributed by atoms with van der Waals surface area (Å²) >= 11 is 0. The Morgan fingerprint density at radius 1 is 0.767 bits per heavy atom. The molecule has 0 atom stereocenters. The van der Waals surface area contributed by atoms with E-state index >= 15 is 0 Å². The van der Waals surface area contributed by atoms with Crippen molar-refractivity contribution in [2.75, 3.05) is 14.2 Å². The van der Waals surface area contributed by atoms with Gasteiger partial charge in [-0.3, -0.25) is 4.79 Å². The van der Waals surface area contributed by atoms with Gasteiger partial charge in [-0.2, -0.15) is 0 Å². The van der Waals surface area contributed by atoms with Gasteiger partial charge in [0.1, 0.15) is 5.75 Å². The maximum Gasteiger partial charge on any atom is 0.343 e. The summed E-state index contributed by atoms with van der Waals surface area (Å²) in [6.07, 6.45) is 3.25. The smallest absolute Gasteiger partial charge is 0.343 e. The first-order chi connectivity index (χ1) is 14.5. The maximum absolute atomic E-state index is 12.4. The highest BCUT2D eigenvalue weighted by Gasteiger charge is 2.13. The molecule has 0 aliphatic heterocycles. The van der Waals surface area contributed by atoms with E-state index in [9.17, 15) is 9.59 Å². The van der Waals surface area contributed by atoms with Crippen LogP contribution in [0.2, 0.25) is 0 Å². The molecule has 0 spiro atoms. The second kappa shape index (κ2) is 9.56. The van der Waals surface area contributed by atoms with Gasteiger partial charge in [-0.1, -0.05) is 48.0 Å². The molecule has 0 saturated carbocycles. The minimum Gasteiger partial charge on any atom is -0.493 e. The van der Waals surface area contributed by atoms with Crippen LogP contribution in [0.3, 0.4) is 0 Å². The number of aryl methyl sites for hydroxylation is 1. The number of benzene rings is 3. The third kappa shape index (κ3) is 5.14. The van der Waals surface area contributed by atoms with Gasteiger partial charge in [0, 0.05) is 5.56 Å². The van der Waals surface area contributed by atoms with Crippen LogP contribution in [0, 0.1) is 6.92 Å². The van der Waals surface area contributed by atoms with E-state index in [1.54, 1.807) is 60.7 Å². The van der Waals surface area contributed by atoms with Gasteiger partial charge in [0.2, 0.25) is 0 Å². The summed E-state index contributed by atoms with van der Waals surface area (Å²) in [6.45, 7) is 1.98. The Bertz CT molecular complexity index is 1060. The van der Waals surface area contributed by atoms with Crippen LogP contribution in [0.1, 0.15) is 31.8 Å². The number of allylic oxidation sites excluding steroid dienone is 1. The van der Waals surface area contributed by atoms with Gasteiger partial charge in [-0.25, -0.2) is 4.79 Å². The summed E-state index contributed by atoms with van der Waals surface area (Å²) < 4.78 is 15.8. The summed E-state index contributed by atoms with van der Waals surface area (Å²) in [5.74, 6) is 0.806. The molecule has 152 valence electrons. The minimum atomic E-state index is -0.506. The molecule has 30 heavy (non-hydrogen) atoms. The fourth-order valence-corrected chi connectivity index (χ4v) is 2.76. The lowest BCUT2D eigenvalue weighted by atomic mass is 10.1. The zero-order chi connectivity index (χ0) is 21.5. The Morgan fingerprint density at radius 2 is 1.40 bits per heavy atom. The number of ketones is 1. The van der Waals surface area contributed by atoms with E-state index < -0.39 is 5.97 Å². The molecule has 0 radical (unpaired) electrons. The predicted octanol–water partition coefficient (Wildman–Crippen LogP) is 5.13. The maximum atomic E-state index is 12.4. The first-order valence-corrected chi connectivity index (χ1v) is 9.33. The second-order valence-corrected chi connectivity index (χ2v) is 6.59. The molecule has 0 saturated heterocycles. The van der Waals surface area contributed by atoms with Gasteiger partial charge in [0.25, 0.3) is 0 Å². The standard InChI is InChI=1S/C25H22O5/c1-17-4-9-19(10-5-17)22(26)14-8-18-6-12-21(13-7-18)30-25(27)20-11-15-23(28-2)24(16-20)29-3/h4-16H,1-3H3. The summed E-state index contributed by atoms with van der Waals surface area (Å²) in [5, 5.41) is 0. The van der Waals surface area contributed by atoms with Crippen molar-refractivity contribution in [3.8, 4) is 17.2 Å². The molecule has 0 aromatic heterocycles. The molecule has 0 fully saturated rings. The average Bonchev–Trinajstić information content (AvgIpc) is 2.78. The molecular weight excluding hydrogens is 380 g/mol. The molecule has 0 amide bonds. The lowest BCUT2D eigenvalue weighted by Gasteiger charge is -2.09. The van der Waals surface area contributed by atoms with Crippen LogP contribution in [-0.2, 0) is 0 Å². The number of carbonyl (C=O) groups is 2. The first-order valence-electron chi connectivity index (χ1n) is 9.33. The minimum absolute atomic E-state index is 0.0704. The van der Waals surface area contributed by atoms with Crippen LogP contribution >= 0.6 is 0 Å². The summed E-state index contributed by atoms with van der Waals surface area (Å²) in [4.78, 5) is 24.6. The number of carbonyl (C=O) groups excluding carboxylic acids is 2. The molecule has 0 bridgehead atoms. The molecule has 0 heterocycles. The Labute approximate surface area is 175 Å². The monoisotopic (exact) mass is 402 g/mol. The van der Waals surface area contributed by atoms with Gasteiger partial charge >= 0.3 is 5.97 Å². The van der Waals surface area contributed by atoms with E-state index in [1.165, 1.54) is 20.3 Å². The zero-order valence-corrected chi connectivity index (χ0v) is 17.0. The van der Waals surface area contributed by atoms with Crippen molar-refractivity contribution >= 4 is 17.8 Å². The van der Waals surface area contributed by atoms with Crippen LogP contribution in [0.4, 0.5) is 0 Å². The van der Waals surface area contributed by atoms with Crippen LogP contribution in [-0.4, -0.2) is 26.0 Å². The molecule has 3 aromatic carbocycles. The van der Waals surface area contributed by atoms with E-state index in [0.29, 0.717) is 28.4 Å². The number of hydrogen-bond donors (Lipinski definition) is 0. The molecule has 5 nitrogen and oxygen atoms in total. The average molecular weight is 402 g/mol. The third-order valence-electron chi connectivity index (χ3n) is 4.47. The van der Waals surface area contributed by atoms with E-state index in [-0.39, 0.29) is 5.78 Å². The van der Waals surface area contributed by atoms with Crippen molar-refractivity contribution in [3.63, 3.8) is 0 Å². The second-order valence-electron chi connectivity index (χ2n) is 6.59. The topological polar surface area (TPSA) is 61.8 Å². The van der Waals surface area contributed by atoms with Crippen molar-refractivity contribution in [1.82, 2.24) is 0 Å². The molecule has 0 aliphatic carbocycles. The predicted molar refractivity (Wildman–Crippen MR) is 115 cm³/mol. The molecule has 3 aromatic rings. The van der Waals surface area contributed by atoms with Crippen molar-refractivity contribution < 1.29 is 23.8 Å². The highest BCUT2D eigenvalue weighted by molar-refractivity contribution is 6.06. The van der Waals surface area contributed by atoms with Gasteiger partial charge in [0.05, 0.1) is 19.8 Å². The van der Waals surface area contributed by atoms with Crippen molar-refractivity contribution in [1.29, 1.82) is 0 Å². The SMILES string of the molecule is COc1ccc(C(=O)Oc2ccc(C=CC(=O)c3ccc(C)cc3)cc2)cc1OC. The van der Waals surface area contributed by atoms with Gasteiger partial charge in [-0.05, 0) is 48.9 Å². The summed E-state index contributed by atoms with van der Waals surface area (Å²) in [5.41, 5.74) is 2.91. The largest absolute Gasteiger partial charge is 0.493 e. The molecule has 0 aliphatic rings. The highest BCUT2D eigenvalue weighted by Crippen LogP contribution is 2.28. The van der Waals surface area contributed by atoms with Crippen molar-refractivity contribution in [3.05, 3.63) is 95.1 Å². The van der Waals surface area contributed by atoms with Crippen molar-refractivity contribution in [2.24, 2.45) is 0 Å². The third-order valence-corrected chi connectivity index (χ3v) is 4.47. The van der Waals surface area contributed by atoms with Crippen LogP contribution in [0.25, 0.3) is 6.08 Å². The lowest BCUT2D eigenvalue weighted by molar-refractivity contribution is 0.0734. The van der Waals surface area contributed by atoms with Gasteiger partial charge in [-0.15, -0.1) is 0 Å². The van der Waals surface area contributed by atoms with Gasteiger partial charge in [0.15, 0.2) is 17.3 Å². The molecular formula is C25H22O5. The van der Waals surface area contributed by atoms with E-state index in [1.807, 2.05) is 19.1 Å². The fourth-order valence-electron chi connectivity index (χ4n) is 2.76. The van der Waals surface area contributed by atoms with E-state index in [0.717, 1.165) is 11.1 Å². The molecule has 0 unspecified atom stereocenters. The summed E-state index contributed by atoms with van der Waals surface area (Å²) in [7, 11) is 3.03. The Morgan fingerprint density at radius 3 is 2.03 bits per heavy atom. The molecule has 5 heteroatoms. The number of ether oxygens (including phenoxy) is 3. The Balaban J connectivity index is 1.65. The highest BCUT2D eigenvalue weighted by atomic mass is 16.5. The Hall–Kier alpha value is -3.86.